The lowest BCUT2D eigenvalue weighted by atomic mass is 10.2. The van der Waals surface area contributed by atoms with Crippen LogP contribution >= 0.6 is 11.8 Å². The van der Waals surface area contributed by atoms with E-state index in [-0.39, 0.29) is 0 Å². The average Bonchev–Trinajstić information content (AvgIpc) is 1.97. The van der Waals surface area contributed by atoms with Gasteiger partial charge in [-0.1, -0.05) is 19.9 Å². The monoisotopic (exact) mass is 174 g/mol. The summed E-state index contributed by atoms with van der Waals surface area (Å²) in [6, 6.07) is 0.375. The van der Waals surface area contributed by atoms with Gasteiger partial charge in [0.15, 0.2) is 0 Å². The van der Waals surface area contributed by atoms with Crippen LogP contribution in [0.4, 0.5) is 0 Å². The van der Waals surface area contributed by atoms with Crippen molar-refractivity contribution in [2.75, 3.05) is 5.75 Å². The average molecular weight is 174 g/mol. The minimum atomic E-state index is 0.375. The van der Waals surface area contributed by atoms with Crippen molar-refractivity contribution in [3.8, 4) is 0 Å². The van der Waals surface area contributed by atoms with E-state index in [1.807, 2.05) is 17.8 Å². The number of hydrazine groups is 1. The summed E-state index contributed by atoms with van der Waals surface area (Å²) in [5.74, 6) is 6.39. The summed E-state index contributed by atoms with van der Waals surface area (Å²) in [4.78, 5) is 0. The van der Waals surface area contributed by atoms with Gasteiger partial charge >= 0.3 is 0 Å². The van der Waals surface area contributed by atoms with Crippen LogP contribution in [0, 0.1) is 0 Å². The van der Waals surface area contributed by atoms with Gasteiger partial charge in [0.1, 0.15) is 0 Å². The minimum Gasteiger partial charge on any atom is -0.271 e. The Hall–Kier alpha value is 0.01000. The van der Waals surface area contributed by atoms with Gasteiger partial charge in [0.05, 0.1) is 0 Å². The van der Waals surface area contributed by atoms with E-state index in [0.29, 0.717) is 11.3 Å². The Kier molecular flexibility index (Phi) is 6.71. The smallest absolute Gasteiger partial charge is 0.0335 e. The van der Waals surface area contributed by atoms with Crippen LogP contribution in [-0.4, -0.2) is 17.0 Å². The third kappa shape index (κ3) is 6.41. The predicted molar refractivity (Wildman–Crippen MR) is 53.5 cm³/mol. The second-order valence-electron chi connectivity index (χ2n) is 2.77. The van der Waals surface area contributed by atoms with Crippen molar-refractivity contribution in [3.63, 3.8) is 0 Å². The Bertz CT molecular complexity index is 104. The zero-order valence-corrected chi connectivity index (χ0v) is 8.16. The molecule has 3 heteroatoms. The van der Waals surface area contributed by atoms with Crippen molar-refractivity contribution in [2.45, 2.75) is 31.6 Å². The van der Waals surface area contributed by atoms with Crippen LogP contribution in [-0.2, 0) is 0 Å². The lowest BCUT2D eigenvalue weighted by molar-refractivity contribution is 0.585. The molecule has 0 aromatic heterocycles. The number of nitrogens with one attached hydrogen (secondary N) is 1. The first kappa shape index (κ1) is 11.0. The second kappa shape index (κ2) is 6.70. The summed E-state index contributed by atoms with van der Waals surface area (Å²) in [7, 11) is 0. The molecule has 0 aliphatic carbocycles. The van der Waals surface area contributed by atoms with Gasteiger partial charge in [-0.15, -0.1) is 6.58 Å². The van der Waals surface area contributed by atoms with Gasteiger partial charge < -0.3 is 0 Å². The Morgan fingerprint density at radius 1 is 1.64 bits per heavy atom. The number of hydrogen-bond donors (Lipinski definition) is 2. The molecule has 0 aromatic carbocycles. The molecule has 0 aliphatic rings. The SMILES string of the molecule is C=CCC(CSC(C)C)NN. The number of hydrogen-bond acceptors (Lipinski definition) is 3. The Morgan fingerprint density at radius 3 is 2.64 bits per heavy atom. The van der Waals surface area contributed by atoms with E-state index in [2.05, 4.69) is 25.9 Å². The van der Waals surface area contributed by atoms with E-state index in [4.69, 9.17) is 5.84 Å². The lowest BCUT2D eigenvalue weighted by Crippen LogP contribution is -2.36. The molecular formula is C8H18N2S. The molecule has 0 aromatic rings. The summed E-state index contributed by atoms with van der Waals surface area (Å²) in [6.07, 6.45) is 2.83. The Balaban J connectivity index is 3.43. The summed E-state index contributed by atoms with van der Waals surface area (Å²) >= 11 is 1.91. The molecule has 0 aliphatic heterocycles. The first-order valence-electron chi connectivity index (χ1n) is 3.89. The van der Waals surface area contributed by atoms with Crippen LogP contribution in [0.5, 0.6) is 0 Å². The molecule has 2 nitrogen and oxygen atoms in total. The molecule has 0 rings (SSSR count). The number of nitrogens with two attached hydrogens (primary N) is 1. The first-order chi connectivity index (χ1) is 5.20. The number of thioether (sulfide) groups is 1. The molecule has 0 fully saturated rings. The number of rotatable bonds is 6. The highest BCUT2D eigenvalue weighted by Crippen LogP contribution is 2.11. The van der Waals surface area contributed by atoms with Gasteiger partial charge in [0, 0.05) is 11.8 Å². The van der Waals surface area contributed by atoms with E-state index in [9.17, 15) is 0 Å². The van der Waals surface area contributed by atoms with Gasteiger partial charge in [-0.05, 0) is 11.7 Å². The standard InChI is InChI=1S/C8H18N2S/c1-4-5-8(10-9)6-11-7(2)3/h4,7-8,10H,1,5-6,9H2,2-3H3. The van der Waals surface area contributed by atoms with Crippen molar-refractivity contribution >= 4 is 11.8 Å². The maximum atomic E-state index is 5.33. The van der Waals surface area contributed by atoms with E-state index >= 15 is 0 Å². The van der Waals surface area contributed by atoms with E-state index in [1.165, 1.54) is 0 Å². The maximum Gasteiger partial charge on any atom is 0.0335 e. The second-order valence-corrected chi connectivity index (χ2v) is 4.38. The molecule has 0 saturated heterocycles. The molecular weight excluding hydrogens is 156 g/mol. The van der Waals surface area contributed by atoms with Gasteiger partial charge in [0.25, 0.3) is 0 Å². The molecule has 0 amide bonds. The fourth-order valence-electron chi connectivity index (χ4n) is 0.694. The van der Waals surface area contributed by atoms with Crippen molar-refractivity contribution in [2.24, 2.45) is 5.84 Å². The highest BCUT2D eigenvalue weighted by Gasteiger charge is 2.04. The van der Waals surface area contributed by atoms with Gasteiger partial charge in [-0.2, -0.15) is 11.8 Å². The third-order valence-electron chi connectivity index (χ3n) is 1.32. The largest absolute Gasteiger partial charge is 0.271 e. The quantitative estimate of drug-likeness (QED) is 0.364. The maximum absolute atomic E-state index is 5.33. The fraction of sp³-hybridized carbons (Fsp3) is 0.750. The zero-order valence-electron chi connectivity index (χ0n) is 7.34. The van der Waals surface area contributed by atoms with Crippen LogP contribution in [0.1, 0.15) is 20.3 Å². The summed E-state index contributed by atoms with van der Waals surface area (Å²) in [6.45, 7) is 8.04. The highest BCUT2D eigenvalue weighted by atomic mass is 32.2. The lowest BCUT2D eigenvalue weighted by Gasteiger charge is -2.14. The summed E-state index contributed by atoms with van der Waals surface area (Å²) in [5.41, 5.74) is 2.77. The molecule has 1 unspecified atom stereocenters. The van der Waals surface area contributed by atoms with Crippen molar-refractivity contribution in [1.29, 1.82) is 0 Å². The van der Waals surface area contributed by atoms with Gasteiger partial charge in [0.2, 0.25) is 0 Å². The normalized spacial score (nSPS) is 13.5. The van der Waals surface area contributed by atoms with Gasteiger partial charge in [-0.3, -0.25) is 11.3 Å². The van der Waals surface area contributed by atoms with Crippen LogP contribution < -0.4 is 11.3 Å². The van der Waals surface area contributed by atoms with Crippen LogP contribution in [0.2, 0.25) is 0 Å². The van der Waals surface area contributed by atoms with Crippen LogP contribution in [0.3, 0.4) is 0 Å². The molecule has 1 atom stereocenters. The predicted octanol–water partition coefficient (Wildman–Crippen LogP) is 1.54. The van der Waals surface area contributed by atoms with E-state index in [1.54, 1.807) is 0 Å². The van der Waals surface area contributed by atoms with Crippen LogP contribution in [0.15, 0.2) is 12.7 Å². The van der Waals surface area contributed by atoms with E-state index in [0.717, 1.165) is 12.2 Å². The molecule has 3 N–H and O–H groups in total. The third-order valence-corrected chi connectivity index (χ3v) is 2.58. The molecule has 0 spiro atoms. The molecule has 0 radical (unpaired) electrons. The molecule has 0 heterocycles. The molecule has 0 saturated carbocycles. The van der Waals surface area contributed by atoms with Crippen molar-refractivity contribution in [1.82, 2.24) is 5.43 Å². The fourth-order valence-corrected chi connectivity index (χ4v) is 1.54. The summed E-state index contributed by atoms with van der Waals surface area (Å²) < 4.78 is 0. The van der Waals surface area contributed by atoms with Crippen LogP contribution in [0.25, 0.3) is 0 Å². The Morgan fingerprint density at radius 2 is 2.27 bits per heavy atom. The topological polar surface area (TPSA) is 38.0 Å². The minimum absolute atomic E-state index is 0.375. The molecule has 0 bridgehead atoms. The van der Waals surface area contributed by atoms with Crippen molar-refractivity contribution < 1.29 is 0 Å². The first-order valence-corrected chi connectivity index (χ1v) is 4.94. The van der Waals surface area contributed by atoms with Gasteiger partial charge in [-0.25, -0.2) is 0 Å². The van der Waals surface area contributed by atoms with Crippen molar-refractivity contribution in [3.05, 3.63) is 12.7 Å². The highest BCUT2D eigenvalue weighted by molar-refractivity contribution is 7.99. The summed E-state index contributed by atoms with van der Waals surface area (Å²) in [5, 5.41) is 0.677. The van der Waals surface area contributed by atoms with E-state index < -0.39 is 0 Å². The molecule has 66 valence electrons. The zero-order chi connectivity index (χ0) is 8.69. The Labute approximate surface area is 73.6 Å². The molecule has 11 heavy (non-hydrogen) atoms.